The van der Waals surface area contributed by atoms with Crippen molar-refractivity contribution in [3.8, 4) is 11.5 Å². The van der Waals surface area contributed by atoms with Crippen LogP contribution in [0.3, 0.4) is 0 Å². The number of ether oxygens (including phenoxy) is 2. The average Bonchev–Trinajstić information content (AvgIpc) is 2.57. The van der Waals surface area contributed by atoms with E-state index in [1.807, 2.05) is 0 Å². The third-order valence-corrected chi connectivity index (χ3v) is 3.79. The van der Waals surface area contributed by atoms with Crippen molar-refractivity contribution in [1.82, 2.24) is 4.90 Å². The average molecular weight is 356 g/mol. The Labute approximate surface area is 143 Å². The summed E-state index contributed by atoms with van der Waals surface area (Å²) >= 11 is 5.85. The van der Waals surface area contributed by atoms with Crippen LogP contribution in [0.15, 0.2) is 30.3 Å². The minimum atomic E-state index is -1.13. The minimum Gasteiger partial charge on any atom is -0.493 e. The lowest BCUT2D eigenvalue weighted by Gasteiger charge is -2.20. The topological polar surface area (TPSA) is 38.8 Å². The molecule has 128 valence electrons. The van der Waals surface area contributed by atoms with Crippen molar-refractivity contribution in [1.29, 1.82) is 0 Å². The number of carbonyl (C=O) groups excluding carboxylic acids is 1. The molecule has 7 heteroatoms. The first kappa shape index (κ1) is 18.0. The highest BCUT2D eigenvalue weighted by Crippen LogP contribution is 2.31. The number of rotatable bonds is 5. The Balaban J connectivity index is 2.29. The summed E-state index contributed by atoms with van der Waals surface area (Å²) in [6.45, 7) is 0.175. The van der Waals surface area contributed by atoms with Crippen molar-refractivity contribution in [3.63, 3.8) is 0 Å². The van der Waals surface area contributed by atoms with Gasteiger partial charge in [0.25, 0.3) is 5.91 Å². The number of nitrogens with zero attached hydrogens (tertiary/aromatic N) is 1. The maximum absolute atomic E-state index is 13.4. The molecular formula is C17H16ClF2NO3. The number of para-hydroxylation sites is 1. The molecule has 0 aromatic heterocycles. The monoisotopic (exact) mass is 355 g/mol. The van der Waals surface area contributed by atoms with E-state index in [0.29, 0.717) is 17.1 Å². The number of benzene rings is 2. The predicted octanol–water partition coefficient (Wildman–Crippen LogP) is 3.91. The van der Waals surface area contributed by atoms with Crippen molar-refractivity contribution in [2.75, 3.05) is 21.3 Å². The number of halogens is 3. The van der Waals surface area contributed by atoms with Gasteiger partial charge in [0.05, 0.1) is 24.8 Å². The normalized spacial score (nSPS) is 10.4. The van der Waals surface area contributed by atoms with E-state index in [-0.39, 0.29) is 17.1 Å². The molecule has 2 rings (SSSR count). The summed E-state index contributed by atoms with van der Waals surface area (Å²) in [5.74, 6) is -1.75. The zero-order valence-corrected chi connectivity index (χ0v) is 14.2. The number of methoxy groups -OCH3 is 2. The predicted molar refractivity (Wildman–Crippen MR) is 86.7 cm³/mol. The highest BCUT2D eigenvalue weighted by atomic mass is 35.5. The van der Waals surface area contributed by atoms with E-state index in [0.717, 1.165) is 12.1 Å². The highest BCUT2D eigenvalue weighted by Gasteiger charge is 2.20. The summed E-state index contributed by atoms with van der Waals surface area (Å²) in [6.07, 6.45) is 0. The molecule has 1 amide bonds. The summed E-state index contributed by atoms with van der Waals surface area (Å²) in [6, 6.07) is 6.84. The van der Waals surface area contributed by atoms with Crippen molar-refractivity contribution < 1.29 is 23.0 Å². The second-order valence-corrected chi connectivity index (χ2v) is 5.47. The first-order valence-electron chi connectivity index (χ1n) is 6.99. The Morgan fingerprint density at radius 2 is 1.83 bits per heavy atom. The van der Waals surface area contributed by atoms with Crippen molar-refractivity contribution >= 4 is 17.5 Å². The van der Waals surface area contributed by atoms with Crippen LogP contribution < -0.4 is 9.47 Å². The molecule has 0 spiro atoms. The van der Waals surface area contributed by atoms with Crippen LogP contribution in [-0.2, 0) is 6.54 Å². The molecule has 0 radical (unpaired) electrons. The Bertz CT molecular complexity index is 768. The van der Waals surface area contributed by atoms with E-state index in [4.69, 9.17) is 21.1 Å². The molecule has 0 saturated heterocycles. The summed E-state index contributed by atoms with van der Waals surface area (Å²) in [5.41, 5.74) is 0.589. The SMILES string of the molecule is COc1cccc(CN(C)C(=O)c2cc(F)c(F)cc2Cl)c1OC. The quantitative estimate of drug-likeness (QED) is 0.763. The van der Waals surface area contributed by atoms with Gasteiger partial charge in [-0.25, -0.2) is 8.78 Å². The largest absolute Gasteiger partial charge is 0.493 e. The number of carbonyl (C=O) groups is 1. The Hall–Kier alpha value is -2.34. The van der Waals surface area contributed by atoms with Gasteiger partial charge in [0.2, 0.25) is 0 Å². The molecule has 2 aromatic rings. The maximum Gasteiger partial charge on any atom is 0.255 e. The van der Waals surface area contributed by atoms with E-state index in [1.165, 1.54) is 26.2 Å². The lowest BCUT2D eigenvalue weighted by molar-refractivity contribution is 0.0783. The smallest absolute Gasteiger partial charge is 0.255 e. The number of amides is 1. The van der Waals surface area contributed by atoms with Crippen LogP contribution in [-0.4, -0.2) is 32.1 Å². The molecule has 24 heavy (non-hydrogen) atoms. The maximum atomic E-state index is 13.4. The standard InChI is InChI=1S/C17H16ClF2NO3/c1-21(9-10-5-4-6-15(23-2)16(10)24-3)17(22)11-7-13(19)14(20)8-12(11)18/h4-8H,9H2,1-3H3. The number of hydrogen-bond acceptors (Lipinski definition) is 3. The van der Waals surface area contributed by atoms with Crippen LogP contribution in [0.1, 0.15) is 15.9 Å². The molecule has 0 bridgehead atoms. The molecule has 0 aliphatic heterocycles. The zero-order valence-electron chi connectivity index (χ0n) is 13.4. The van der Waals surface area contributed by atoms with Crippen LogP contribution >= 0.6 is 11.6 Å². The summed E-state index contributed by atoms with van der Waals surface area (Å²) in [4.78, 5) is 13.8. The third kappa shape index (κ3) is 3.59. The van der Waals surface area contributed by atoms with Gasteiger partial charge in [0.1, 0.15) is 0 Å². The van der Waals surface area contributed by atoms with E-state index >= 15 is 0 Å². The fraction of sp³-hybridized carbons (Fsp3) is 0.235. The fourth-order valence-corrected chi connectivity index (χ4v) is 2.53. The molecule has 0 fully saturated rings. The van der Waals surface area contributed by atoms with Gasteiger partial charge in [-0.2, -0.15) is 0 Å². The third-order valence-electron chi connectivity index (χ3n) is 3.48. The molecular weight excluding hydrogens is 340 g/mol. The molecule has 0 N–H and O–H groups in total. The highest BCUT2D eigenvalue weighted by molar-refractivity contribution is 6.33. The van der Waals surface area contributed by atoms with Gasteiger partial charge in [-0.1, -0.05) is 23.7 Å². The van der Waals surface area contributed by atoms with Gasteiger partial charge in [-0.05, 0) is 18.2 Å². The van der Waals surface area contributed by atoms with Crippen LogP contribution in [0, 0.1) is 11.6 Å². The molecule has 0 unspecified atom stereocenters. The van der Waals surface area contributed by atoms with Crippen molar-refractivity contribution in [3.05, 3.63) is 58.1 Å². The van der Waals surface area contributed by atoms with Crippen LogP contribution in [0.2, 0.25) is 5.02 Å². The first-order chi connectivity index (χ1) is 11.4. The van der Waals surface area contributed by atoms with Gasteiger partial charge in [0, 0.05) is 19.2 Å². The van der Waals surface area contributed by atoms with Gasteiger partial charge < -0.3 is 14.4 Å². The molecule has 0 atom stereocenters. The Morgan fingerprint density at radius 3 is 2.46 bits per heavy atom. The fourth-order valence-electron chi connectivity index (χ4n) is 2.30. The molecule has 0 aliphatic rings. The van der Waals surface area contributed by atoms with Crippen molar-refractivity contribution in [2.45, 2.75) is 6.54 Å². The van der Waals surface area contributed by atoms with Crippen LogP contribution in [0.25, 0.3) is 0 Å². The summed E-state index contributed by atoms with van der Waals surface area (Å²) in [5, 5.41) is -0.150. The van der Waals surface area contributed by atoms with Crippen molar-refractivity contribution in [2.24, 2.45) is 0 Å². The molecule has 0 heterocycles. The molecule has 0 aliphatic carbocycles. The van der Waals surface area contributed by atoms with Gasteiger partial charge in [-0.15, -0.1) is 0 Å². The Kier molecular flexibility index (Phi) is 5.62. The van der Waals surface area contributed by atoms with Gasteiger partial charge in [-0.3, -0.25) is 4.79 Å². The number of hydrogen-bond donors (Lipinski definition) is 0. The molecule has 0 saturated carbocycles. The first-order valence-corrected chi connectivity index (χ1v) is 7.36. The van der Waals surface area contributed by atoms with E-state index in [2.05, 4.69) is 0 Å². The lowest BCUT2D eigenvalue weighted by Crippen LogP contribution is -2.27. The van der Waals surface area contributed by atoms with Gasteiger partial charge in [0.15, 0.2) is 23.1 Å². The minimum absolute atomic E-state index is 0.111. The zero-order chi connectivity index (χ0) is 17.9. The van der Waals surface area contributed by atoms with E-state index in [9.17, 15) is 13.6 Å². The van der Waals surface area contributed by atoms with E-state index in [1.54, 1.807) is 18.2 Å². The lowest BCUT2D eigenvalue weighted by atomic mass is 10.1. The summed E-state index contributed by atoms with van der Waals surface area (Å²) in [7, 11) is 4.53. The Morgan fingerprint density at radius 1 is 1.17 bits per heavy atom. The second kappa shape index (κ2) is 7.49. The molecule has 4 nitrogen and oxygen atoms in total. The summed E-state index contributed by atoms with van der Waals surface area (Å²) < 4.78 is 37.0. The van der Waals surface area contributed by atoms with Crippen LogP contribution in [0.4, 0.5) is 8.78 Å². The van der Waals surface area contributed by atoms with Gasteiger partial charge >= 0.3 is 0 Å². The molecule has 2 aromatic carbocycles. The van der Waals surface area contributed by atoms with E-state index < -0.39 is 17.5 Å². The van der Waals surface area contributed by atoms with Crippen LogP contribution in [0.5, 0.6) is 11.5 Å². The second-order valence-electron chi connectivity index (χ2n) is 5.06.